The van der Waals surface area contributed by atoms with E-state index in [-0.39, 0.29) is 17.3 Å². The van der Waals surface area contributed by atoms with Crippen molar-refractivity contribution in [1.82, 2.24) is 19.3 Å². The maximum Gasteiger partial charge on any atom is 0.254 e. The lowest BCUT2D eigenvalue weighted by atomic mass is 10.1. The molecule has 0 spiro atoms. The lowest BCUT2D eigenvalue weighted by Gasteiger charge is -2.18. The summed E-state index contributed by atoms with van der Waals surface area (Å²) in [5.41, 5.74) is 2.25. The van der Waals surface area contributed by atoms with E-state index in [2.05, 4.69) is 10.1 Å². The Morgan fingerprint density at radius 2 is 1.84 bits per heavy atom. The number of amides is 1. The summed E-state index contributed by atoms with van der Waals surface area (Å²) in [6.07, 6.45) is 1.71. The van der Waals surface area contributed by atoms with Gasteiger partial charge in [-0.25, -0.2) is 8.42 Å². The van der Waals surface area contributed by atoms with Crippen molar-refractivity contribution in [2.45, 2.75) is 31.2 Å². The lowest BCUT2D eigenvalue weighted by molar-refractivity contribution is 0.0769. The molecule has 1 aliphatic heterocycles. The molecule has 0 saturated carbocycles. The fourth-order valence-corrected chi connectivity index (χ4v) is 5.06. The average molecular weight is 441 g/mol. The number of aryl methyl sites for hydroxylation is 1. The van der Waals surface area contributed by atoms with Crippen molar-refractivity contribution < 1.29 is 17.7 Å². The van der Waals surface area contributed by atoms with E-state index in [0.29, 0.717) is 30.4 Å². The number of carbonyl (C=O) groups is 1. The van der Waals surface area contributed by atoms with Gasteiger partial charge >= 0.3 is 0 Å². The molecule has 1 saturated heterocycles. The predicted molar refractivity (Wildman–Crippen MR) is 115 cm³/mol. The summed E-state index contributed by atoms with van der Waals surface area (Å²) in [6.45, 7) is 3.14. The van der Waals surface area contributed by atoms with Crippen molar-refractivity contribution in [3.05, 3.63) is 65.5 Å². The monoisotopic (exact) mass is 440 g/mol. The van der Waals surface area contributed by atoms with Crippen LogP contribution < -0.4 is 0 Å². The van der Waals surface area contributed by atoms with E-state index in [1.807, 2.05) is 31.2 Å². The van der Waals surface area contributed by atoms with Gasteiger partial charge in [0.25, 0.3) is 5.91 Å². The Hall–Kier alpha value is -3.04. The smallest absolute Gasteiger partial charge is 0.254 e. The average Bonchev–Trinajstić information content (AvgIpc) is 3.47. The summed E-state index contributed by atoms with van der Waals surface area (Å²) in [5, 5.41) is 3.98. The first-order valence-electron chi connectivity index (χ1n) is 10.1. The van der Waals surface area contributed by atoms with Crippen LogP contribution in [0, 0.1) is 6.92 Å². The summed E-state index contributed by atoms with van der Waals surface area (Å²) in [6, 6.07) is 13.9. The molecule has 3 aromatic rings. The largest absolute Gasteiger partial charge is 0.337 e. The summed E-state index contributed by atoms with van der Waals surface area (Å²) >= 11 is 0. The molecular formula is C22H24N4O4S. The highest BCUT2D eigenvalue weighted by Gasteiger charge is 2.28. The maximum absolute atomic E-state index is 12.9. The molecule has 4 rings (SSSR count). The van der Waals surface area contributed by atoms with Gasteiger partial charge in [0.05, 0.1) is 11.4 Å². The number of hydrogen-bond acceptors (Lipinski definition) is 6. The van der Waals surface area contributed by atoms with E-state index in [1.54, 1.807) is 19.2 Å². The van der Waals surface area contributed by atoms with Gasteiger partial charge in [0.1, 0.15) is 0 Å². The molecule has 0 unspecified atom stereocenters. The zero-order chi connectivity index (χ0) is 22.0. The first kappa shape index (κ1) is 21.2. The van der Waals surface area contributed by atoms with Gasteiger partial charge < -0.3 is 9.42 Å². The normalized spacial score (nSPS) is 14.6. The molecule has 1 aromatic heterocycles. The standard InChI is InChI=1S/C22H24N4O4S/c1-16-8-10-17(11-9-16)21-23-20(30-24-21)15-25(2)22(27)18-6-5-7-19(14-18)31(28,29)26-12-3-4-13-26/h5-11,14H,3-4,12-13,15H2,1-2H3. The van der Waals surface area contributed by atoms with Gasteiger partial charge in [-0.2, -0.15) is 9.29 Å². The fraction of sp³-hybridized carbons (Fsp3) is 0.318. The molecule has 1 aliphatic rings. The number of carbonyl (C=O) groups excluding carboxylic acids is 1. The number of nitrogens with zero attached hydrogens (tertiary/aromatic N) is 4. The van der Waals surface area contributed by atoms with Gasteiger partial charge in [0, 0.05) is 31.3 Å². The second-order valence-corrected chi connectivity index (χ2v) is 9.62. The molecule has 1 amide bonds. The first-order chi connectivity index (χ1) is 14.8. The molecule has 8 nitrogen and oxygen atoms in total. The topological polar surface area (TPSA) is 96.6 Å². The Morgan fingerprint density at radius 3 is 2.55 bits per heavy atom. The van der Waals surface area contributed by atoms with E-state index in [1.165, 1.54) is 21.3 Å². The Bertz CT molecular complexity index is 1180. The quantitative estimate of drug-likeness (QED) is 0.584. The Morgan fingerprint density at radius 1 is 1.13 bits per heavy atom. The van der Waals surface area contributed by atoms with Crippen LogP contribution in [0.3, 0.4) is 0 Å². The molecule has 2 aromatic carbocycles. The van der Waals surface area contributed by atoms with Crippen LogP contribution in [-0.4, -0.2) is 53.8 Å². The highest BCUT2D eigenvalue weighted by atomic mass is 32.2. The second kappa shape index (κ2) is 8.60. The van der Waals surface area contributed by atoms with Crippen LogP contribution in [0.1, 0.15) is 34.7 Å². The molecule has 0 aliphatic carbocycles. The highest BCUT2D eigenvalue weighted by molar-refractivity contribution is 7.89. The molecule has 0 bridgehead atoms. The van der Waals surface area contributed by atoms with Gasteiger partial charge in [0.2, 0.25) is 21.7 Å². The van der Waals surface area contributed by atoms with Gasteiger partial charge in [-0.1, -0.05) is 41.1 Å². The molecule has 0 N–H and O–H groups in total. The maximum atomic E-state index is 12.9. The molecule has 1 fully saturated rings. The third kappa shape index (κ3) is 4.52. The Labute approximate surface area is 181 Å². The number of aromatic nitrogens is 2. The number of sulfonamides is 1. The second-order valence-electron chi connectivity index (χ2n) is 7.68. The van der Waals surface area contributed by atoms with Crippen LogP contribution in [-0.2, 0) is 16.6 Å². The van der Waals surface area contributed by atoms with E-state index in [9.17, 15) is 13.2 Å². The molecule has 9 heteroatoms. The summed E-state index contributed by atoms with van der Waals surface area (Å²) in [4.78, 5) is 18.8. The van der Waals surface area contributed by atoms with Gasteiger partial charge in [-0.15, -0.1) is 0 Å². The third-order valence-electron chi connectivity index (χ3n) is 5.28. The van der Waals surface area contributed by atoms with Crippen molar-refractivity contribution >= 4 is 15.9 Å². The summed E-state index contributed by atoms with van der Waals surface area (Å²) < 4.78 is 32.4. The SMILES string of the molecule is Cc1ccc(-c2noc(CN(C)C(=O)c3cccc(S(=O)(=O)N4CCCC4)c3)n2)cc1. The van der Waals surface area contributed by atoms with Crippen molar-refractivity contribution in [2.24, 2.45) is 0 Å². The number of hydrogen-bond donors (Lipinski definition) is 0. The van der Waals surface area contributed by atoms with Gasteiger partial charge in [-0.3, -0.25) is 4.79 Å². The van der Waals surface area contributed by atoms with E-state index < -0.39 is 10.0 Å². The minimum absolute atomic E-state index is 0.112. The van der Waals surface area contributed by atoms with Crippen LogP contribution in [0.4, 0.5) is 0 Å². The molecular weight excluding hydrogens is 416 g/mol. The van der Waals surface area contributed by atoms with Crippen LogP contribution >= 0.6 is 0 Å². The van der Waals surface area contributed by atoms with E-state index in [4.69, 9.17) is 4.52 Å². The van der Waals surface area contributed by atoms with Crippen molar-refractivity contribution in [1.29, 1.82) is 0 Å². The predicted octanol–water partition coefficient (Wildman–Crippen LogP) is 3.10. The lowest BCUT2D eigenvalue weighted by Crippen LogP contribution is -2.29. The highest BCUT2D eigenvalue weighted by Crippen LogP contribution is 2.22. The Kier molecular flexibility index (Phi) is 5.88. The molecule has 0 atom stereocenters. The van der Waals surface area contributed by atoms with Crippen LogP contribution in [0.15, 0.2) is 57.9 Å². The molecule has 0 radical (unpaired) electrons. The minimum atomic E-state index is -3.59. The number of rotatable bonds is 6. The summed E-state index contributed by atoms with van der Waals surface area (Å²) in [5.74, 6) is 0.426. The van der Waals surface area contributed by atoms with Crippen LogP contribution in [0.25, 0.3) is 11.4 Å². The van der Waals surface area contributed by atoms with Crippen molar-refractivity contribution in [3.63, 3.8) is 0 Å². The minimum Gasteiger partial charge on any atom is -0.337 e. The molecule has 162 valence electrons. The first-order valence-corrected chi connectivity index (χ1v) is 11.5. The molecule has 2 heterocycles. The summed E-state index contributed by atoms with van der Waals surface area (Å²) in [7, 11) is -1.98. The molecule has 31 heavy (non-hydrogen) atoms. The zero-order valence-electron chi connectivity index (χ0n) is 17.5. The Balaban J connectivity index is 1.48. The van der Waals surface area contributed by atoms with Crippen LogP contribution in [0.2, 0.25) is 0 Å². The van der Waals surface area contributed by atoms with Crippen LogP contribution in [0.5, 0.6) is 0 Å². The van der Waals surface area contributed by atoms with E-state index >= 15 is 0 Å². The van der Waals surface area contributed by atoms with Crippen molar-refractivity contribution in [3.8, 4) is 11.4 Å². The van der Waals surface area contributed by atoms with Gasteiger partial charge in [-0.05, 0) is 38.0 Å². The zero-order valence-corrected chi connectivity index (χ0v) is 18.3. The third-order valence-corrected chi connectivity index (χ3v) is 7.18. The van der Waals surface area contributed by atoms with Gasteiger partial charge in [0.15, 0.2) is 0 Å². The fourth-order valence-electron chi connectivity index (χ4n) is 3.50. The number of benzene rings is 2. The van der Waals surface area contributed by atoms with Crippen molar-refractivity contribution in [2.75, 3.05) is 20.1 Å². The van der Waals surface area contributed by atoms with E-state index in [0.717, 1.165) is 24.0 Å².